The lowest BCUT2D eigenvalue weighted by atomic mass is 10.1. The molecule has 2 rings (SSSR count). The van der Waals surface area contributed by atoms with Gasteiger partial charge in [0.1, 0.15) is 5.82 Å². The summed E-state index contributed by atoms with van der Waals surface area (Å²) in [5.74, 6) is -4.74. The van der Waals surface area contributed by atoms with E-state index in [0.717, 1.165) is 18.2 Å². The van der Waals surface area contributed by atoms with Crippen molar-refractivity contribution in [2.24, 2.45) is 0 Å². The molecule has 0 aromatic heterocycles. The second kappa shape index (κ2) is 11.2. The Morgan fingerprint density at radius 3 is 2.53 bits per heavy atom. The third-order valence-corrected chi connectivity index (χ3v) is 3.91. The minimum Gasteiger partial charge on any atom is -0.466 e. The Bertz CT molecular complexity index is 908. The van der Waals surface area contributed by atoms with Crippen molar-refractivity contribution in [2.45, 2.75) is 19.8 Å². The Morgan fingerprint density at radius 1 is 1.10 bits per heavy atom. The first-order chi connectivity index (χ1) is 14.4. The molecule has 0 saturated carbocycles. The van der Waals surface area contributed by atoms with Gasteiger partial charge in [-0.05, 0) is 43.2 Å². The minimum absolute atomic E-state index is 0.0662. The summed E-state index contributed by atoms with van der Waals surface area (Å²) in [7, 11) is 0. The lowest BCUT2D eigenvalue weighted by molar-refractivity contribution is -0.143. The van der Waals surface area contributed by atoms with Crippen LogP contribution in [0.2, 0.25) is 0 Å². The molecule has 0 aliphatic heterocycles. The molecule has 0 spiro atoms. The average molecular weight is 426 g/mol. The second-order valence-electron chi connectivity index (χ2n) is 6.03. The molecule has 162 valence electrons. The molecule has 0 aliphatic rings. The van der Waals surface area contributed by atoms with Gasteiger partial charge in [0.15, 0.2) is 11.6 Å². The van der Waals surface area contributed by atoms with Crippen LogP contribution in [0.15, 0.2) is 30.3 Å². The molecule has 0 aliphatic carbocycles. The monoisotopic (exact) mass is 426 g/mol. The number of aryl methyl sites for hydroxylation is 1. The molecule has 2 aromatic carbocycles. The number of carbonyl (C=O) groups excluding carboxylic acids is 2. The van der Waals surface area contributed by atoms with Gasteiger partial charge >= 0.3 is 5.97 Å². The molecule has 0 radical (unpaired) electrons. The van der Waals surface area contributed by atoms with Crippen LogP contribution in [0.4, 0.5) is 24.5 Å². The topological polar surface area (TPSA) is 96.9 Å². The van der Waals surface area contributed by atoms with Crippen LogP contribution in [0, 0.1) is 17.5 Å². The standard InChI is InChI=1S/C20H21F3N2O5/c1-2-29-17(27)8-4-12-3-7-16(15(22)11-12)24-19-13(5-6-14(21)18(19)23)20(28)25-30-10-9-26/h3,5-7,11,24,26H,2,4,8-10H2,1H3,(H,25,28). The lowest BCUT2D eigenvalue weighted by Crippen LogP contribution is -2.26. The molecular weight excluding hydrogens is 405 g/mol. The number of anilines is 2. The van der Waals surface area contributed by atoms with Crippen molar-refractivity contribution in [3.63, 3.8) is 0 Å². The zero-order chi connectivity index (χ0) is 22.1. The number of carbonyl (C=O) groups is 2. The summed E-state index contributed by atoms with van der Waals surface area (Å²) in [6.07, 6.45) is 0.303. The van der Waals surface area contributed by atoms with Gasteiger partial charge in [0.25, 0.3) is 5.91 Å². The van der Waals surface area contributed by atoms with Gasteiger partial charge < -0.3 is 15.2 Å². The molecule has 10 heteroatoms. The summed E-state index contributed by atoms with van der Waals surface area (Å²) >= 11 is 0. The van der Waals surface area contributed by atoms with Crippen molar-refractivity contribution >= 4 is 23.3 Å². The SMILES string of the molecule is CCOC(=O)CCc1ccc(Nc2c(C(=O)NOCCO)ccc(F)c2F)c(F)c1. The second-order valence-corrected chi connectivity index (χ2v) is 6.03. The van der Waals surface area contributed by atoms with E-state index in [9.17, 15) is 22.8 Å². The number of halogens is 3. The van der Waals surface area contributed by atoms with E-state index >= 15 is 0 Å². The van der Waals surface area contributed by atoms with Crippen LogP contribution < -0.4 is 10.8 Å². The molecule has 2 aromatic rings. The van der Waals surface area contributed by atoms with Crippen molar-refractivity contribution in [1.82, 2.24) is 5.48 Å². The zero-order valence-corrected chi connectivity index (χ0v) is 16.1. The molecule has 0 bridgehead atoms. The molecule has 30 heavy (non-hydrogen) atoms. The van der Waals surface area contributed by atoms with E-state index < -0.39 is 35.0 Å². The molecule has 0 unspecified atom stereocenters. The molecule has 0 fully saturated rings. The predicted molar refractivity (Wildman–Crippen MR) is 101 cm³/mol. The number of aliphatic hydroxyl groups is 1. The third kappa shape index (κ3) is 6.19. The van der Waals surface area contributed by atoms with Gasteiger partial charge in [-0.1, -0.05) is 6.07 Å². The molecule has 0 saturated heterocycles. The maximum absolute atomic E-state index is 14.5. The zero-order valence-electron chi connectivity index (χ0n) is 16.1. The number of hydroxylamine groups is 1. The molecule has 7 nitrogen and oxygen atoms in total. The van der Waals surface area contributed by atoms with E-state index in [2.05, 4.69) is 10.2 Å². The normalized spacial score (nSPS) is 10.6. The van der Waals surface area contributed by atoms with Crippen molar-refractivity contribution < 1.29 is 37.4 Å². The smallest absolute Gasteiger partial charge is 0.306 e. The number of hydrogen-bond donors (Lipinski definition) is 3. The first-order valence-corrected chi connectivity index (χ1v) is 9.09. The summed E-state index contributed by atoms with van der Waals surface area (Å²) in [6, 6.07) is 5.68. The highest BCUT2D eigenvalue weighted by Crippen LogP contribution is 2.28. The minimum atomic E-state index is -1.38. The number of benzene rings is 2. The maximum Gasteiger partial charge on any atom is 0.306 e. The van der Waals surface area contributed by atoms with E-state index in [1.54, 1.807) is 6.92 Å². The maximum atomic E-state index is 14.5. The molecule has 1 amide bonds. The van der Waals surface area contributed by atoms with Crippen LogP contribution >= 0.6 is 0 Å². The number of amides is 1. The molecule has 3 N–H and O–H groups in total. The van der Waals surface area contributed by atoms with Crippen LogP contribution in [0.5, 0.6) is 0 Å². The van der Waals surface area contributed by atoms with Gasteiger partial charge in [-0.3, -0.25) is 14.4 Å². The first kappa shape index (κ1) is 23.2. The Kier molecular flexibility index (Phi) is 8.63. The number of ether oxygens (including phenoxy) is 1. The van der Waals surface area contributed by atoms with Gasteiger partial charge in [0.2, 0.25) is 0 Å². The van der Waals surface area contributed by atoms with Gasteiger partial charge in [-0.15, -0.1) is 0 Å². The summed E-state index contributed by atoms with van der Waals surface area (Å²) < 4.78 is 47.3. The summed E-state index contributed by atoms with van der Waals surface area (Å²) in [6.45, 7) is 1.35. The van der Waals surface area contributed by atoms with Crippen molar-refractivity contribution in [1.29, 1.82) is 0 Å². The highest BCUT2D eigenvalue weighted by molar-refractivity contribution is 6.00. The van der Waals surface area contributed by atoms with Gasteiger partial charge in [-0.25, -0.2) is 18.7 Å². The average Bonchev–Trinajstić information content (AvgIpc) is 2.72. The fourth-order valence-corrected chi connectivity index (χ4v) is 2.51. The first-order valence-electron chi connectivity index (χ1n) is 9.09. The third-order valence-electron chi connectivity index (χ3n) is 3.91. The Morgan fingerprint density at radius 2 is 1.87 bits per heavy atom. The van der Waals surface area contributed by atoms with Crippen molar-refractivity contribution in [3.8, 4) is 0 Å². The van der Waals surface area contributed by atoms with Gasteiger partial charge in [-0.2, -0.15) is 0 Å². The Hall–Kier alpha value is -3.11. The van der Waals surface area contributed by atoms with Crippen LogP contribution in [0.3, 0.4) is 0 Å². The summed E-state index contributed by atoms with van der Waals surface area (Å²) in [5.41, 5.74) is 1.35. The predicted octanol–water partition coefficient (Wildman–Crippen LogP) is 3.00. The number of rotatable bonds is 10. The largest absolute Gasteiger partial charge is 0.466 e. The van der Waals surface area contributed by atoms with Crippen LogP contribution in [0.1, 0.15) is 29.3 Å². The van der Waals surface area contributed by atoms with E-state index in [1.165, 1.54) is 12.1 Å². The van der Waals surface area contributed by atoms with Gasteiger partial charge in [0, 0.05) is 6.42 Å². The lowest BCUT2D eigenvalue weighted by Gasteiger charge is -2.14. The fourth-order valence-electron chi connectivity index (χ4n) is 2.51. The van der Waals surface area contributed by atoms with Crippen LogP contribution in [-0.2, 0) is 20.8 Å². The highest BCUT2D eigenvalue weighted by Gasteiger charge is 2.20. The van der Waals surface area contributed by atoms with E-state index in [1.807, 2.05) is 5.48 Å². The Balaban J connectivity index is 2.21. The molecular formula is C20H21F3N2O5. The fraction of sp³-hybridized carbons (Fsp3) is 0.300. The van der Waals surface area contributed by atoms with Crippen molar-refractivity contribution in [3.05, 3.63) is 58.9 Å². The number of nitrogens with one attached hydrogen (secondary N) is 2. The van der Waals surface area contributed by atoms with E-state index in [4.69, 9.17) is 9.84 Å². The van der Waals surface area contributed by atoms with Crippen LogP contribution in [0.25, 0.3) is 0 Å². The van der Waals surface area contributed by atoms with Gasteiger partial charge in [0.05, 0.1) is 36.8 Å². The summed E-state index contributed by atoms with van der Waals surface area (Å²) in [4.78, 5) is 28.2. The molecule has 0 atom stereocenters. The number of aliphatic hydroxyl groups excluding tert-OH is 1. The molecule has 0 heterocycles. The quantitative estimate of drug-likeness (QED) is 0.307. The number of esters is 1. The number of hydrogen-bond acceptors (Lipinski definition) is 6. The Labute approximate surface area is 170 Å². The van der Waals surface area contributed by atoms with Crippen LogP contribution in [-0.4, -0.2) is 36.8 Å². The van der Waals surface area contributed by atoms with E-state index in [0.29, 0.717) is 5.56 Å². The highest BCUT2D eigenvalue weighted by atomic mass is 19.2. The van der Waals surface area contributed by atoms with Crippen molar-refractivity contribution in [2.75, 3.05) is 25.1 Å². The van der Waals surface area contributed by atoms with E-state index in [-0.39, 0.29) is 43.9 Å². The summed E-state index contributed by atoms with van der Waals surface area (Å²) in [5, 5.41) is 11.0.